The topological polar surface area (TPSA) is 49.4 Å². The summed E-state index contributed by atoms with van der Waals surface area (Å²) in [6.07, 6.45) is -12.6. The zero-order chi connectivity index (χ0) is 29.1. The van der Waals surface area contributed by atoms with Crippen LogP contribution in [0.5, 0.6) is 0 Å². The molecule has 0 saturated heterocycles. The van der Waals surface area contributed by atoms with Crippen LogP contribution in [-0.2, 0) is 12.2 Å². The number of anilines is 2. The van der Waals surface area contributed by atoms with E-state index in [9.17, 15) is 44.7 Å². The van der Waals surface area contributed by atoms with Gasteiger partial charge in [0.1, 0.15) is 5.82 Å². The van der Waals surface area contributed by atoms with Crippen molar-refractivity contribution in [3.63, 3.8) is 0 Å². The molecule has 3 aromatic carbocycles. The number of hydrogen-bond acceptors (Lipinski definition) is 2. The smallest absolute Gasteiger partial charge is 0.322 e. The van der Waals surface area contributed by atoms with Gasteiger partial charge in [-0.1, -0.05) is 29.8 Å². The molecule has 0 bridgehead atoms. The first kappa shape index (κ1) is 28.3. The Kier molecular flexibility index (Phi) is 6.91. The largest absolute Gasteiger partial charge is 0.435 e. The average Bonchev–Trinajstić information content (AvgIpc) is 3.15. The van der Waals surface area contributed by atoms with E-state index in [1.807, 2.05) is 0 Å². The predicted octanol–water partition coefficient (Wildman–Crippen LogP) is 7.80. The summed E-state index contributed by atoms with van der Waals surface area (Å²) >= 11 is 6.05. The molecule has 0 aromatic heterocycles. The number of fused-ring (bicyclic) bond motifs is 1. The maximum absolute atomic E-state index is 14.8. The number of aryl methyl sites for hydroxylation is 2. The van der Waals surface area contributed by atoms with Crippen molar-refractivity contribution in [2.45, 2.75) is 38.4 Å². The summed E-state index contributed by atoms with van der Waals surface area (Å²) in [5, 5.41) is 1.92. The minimum absolute atomic E-state index is 0.0117. The van der Waals surface area contributed by atoms with Gasteiger partial charge in [0.2, 0.25) is 0 Å². The van der Waals surface area contributed by atoms with Crippen LogP contribution in [0.3, 0.4) is 0 Å². The Labute approximate surface area is 221 Å². The predicted molar refractivity (Wildman–Crippen MR) is 127 cm³/mol. The van der Waals surface area contributed by atoms with E-state index >= 15 is 0 Å². The van der Waals surface area contributed by atoms with Gasteiger partial charge in [-0.25, -0.2) is 8.78 Å². The number of alkyl halides is 7. The van der Waals surface area contributed by atoms with Gasteiger partial charge >= 0.3 is 18.0 Å². The van der Waals surface area contributed by atoms with Crippen LogP contribution < -0.4 is 10.2 Å². The molecule has 0 fully saturated rings. The molecule has 39 heavy (non-hydrogen) atoms. The van der Waals surface area contributed by atoms with E-state index in [2.05, 4.69) is 5.32 Å². The van der Waals surface area contributed by atoms with Crippen LogP contribution in [0, 0.1) is 19.7 Å². The Morgan fingerprint density at radius 1 is 0.923 bits per heavy atom. The molecule has 3 aromatic rings. The molecule has 4 rings (SSSR count). The number of halogens is 9. The molecule has 0 unspecified atom stereocenters. The molecular weight excluding hydrogens is 560 g/mol. The Morgan fingerprint density at radius 2 is 1.54 bits per heavy atom. The highest BCUT2D eigenvalue weighted by Gasteiger charge is 2.73. The summed E-state index contributed by atoms with van der Waals surface area (Å²) in [7, 11) is 0. The third-order valence-electron chi connectivity index (χ3n) is 6.37. The number of benzene rings is 3. The molecule has 0 atom stereocenters. The normalized spacial score (nSPS) is 14.0. The Hall–Kier alpha value is -3.67. The molecule has 1 heterocycles. The van der Waals surface area contributed by atoms with Crippen LogP contribution in [0.2, 0.25) is 5.02 Å². The minimum Gasteiger partial charge on any atom is -0.322 e. The van der Waals surface area contributed by atoms with Gasteiger partial charge in [-0.05, 0) is 60.9 Å². The van der Waals surface area contributed by atoms with Gasteiger partial charge in [0, 0.05) is 16.8 Å². The molecule has 0 aliphatic carbocycles. The summed E-state index contributed by atoms with van der Waals surface area (Å²) in [4.78, 5) is 26.9. The number of nitrogens with one attached hydrogen (secondary N) is 1. The van der Waals surface area contributed by atoms with Crippen molar-refractivity contribution in [3.05, 3.63) is 92.8 Å². The molecule has 0 spiro atoms. The van der Waals surface area contributed by atoms with Gasteiger partial charge < -0.3 is 10.2 Å². The van der Waals surface area contributed by atoms with Crippen LogP contribution >= 0.6 is 11.6 Å². The van der Waals surface area contributed by atoms with E-state index in [4.69, 9.17) is 11.6 Å². The quantitative estimate of drug-likeness (QED) is 0.322. The van der Waals surface area contributed by atoms with E-state index < -0.39 is 46.8 Å². The van der Waals surface area contributed by atoms with Crippen LogP contribution in [0.25, 0.3) is 0 Å². The van der Waals surface area contributed by atoms with Crippen molar-refractivity contribution in [2.24, 2.45) is 0 Å². The van der Waals surface area contributed by atoms with Gasteiger partial charge in [0.15, 0.2) is 0 Å². The molecule has 4 nitrogen and oxygen atoms in total. The fourth-order valence-corrected chi connectivity index (χ4v) is 4.58. The van der Waals surface area contributed by atoms with Gasteiger partial charge in [-0.15, -0.1) is 0 Å². The van der Waals surface area contributed by atoms with Crippen molar-refractivity contribution in [2.75, 3.05) is 10.2 Å². The standard InChI is InChI=1S/C26H17ClF8N2O2/c1-12-8-20(13(2)7-17(12)24(29,25(30,31)32)26(33,34)35)36-22(38)16-9-21(19(28)10-18(16)27)37-11-14-5-3-4-6-15(14)23(37)39/h3-10H,11H2,1-2H3,(H,36,38). The second-order valence-electron chi connectivity index (χ2n) is 8.92. The van der Waals surface area contributed by atoms with Crippen molar-refractivity contribution in [3.8, 4) is 0 Å². The second-order valence-corrected chi connectivity index (χ2v) is 9.33. The fraction of sp³-hybridized carbons (Fsp3) is 0.231. The van der Waals surface area contributed by atoms with Gasteiger partial charge in [0.25, 0.3) is 11.8 Å². The summed E-state index contributed by atoms with van der Waals surface area (Å²) < 4.78 is 109. The number of nitrogens with zero attached hydrogens (tertiary/aromatic N) is 1. The molecule has 2 amide bonds. The Balaban J connectivity index is 1.69. The first-order chi connectivity index (χ1) is 18.0. The fourth-order valence-electron chi connectivity index (χ4n) is 4.35. The van der Waals surface area contributed by atoms with Crippen molar-refractivity contribution in [1.29, 1.82) is 0 Å². The number of carbonyl (C=O) groups excluding carboxylic acids is 2. The third-order valence-corrected chi connectivity index (χ3v) is 6.68. The Bertz CT molecular complexity index is 1490. The molecular formula is C26H17ClF8N2O2. The van der Waals surface area contributed by atoms with E-state index in [0.29, 0.717) is 17.2 Å². The highest BCUT2D eigenvalue weighted by Crippen LogP contribution is 2.54. The molecule has 0 saturated carbocycles. The van der Waals surface area contributed by atoms with E-state index in [-0.39, 0.29) is 34.1 Å². The summed E-state index contributed by atoms with van der Waals surface area (Å²) in [5.74, 6) is -2.43. The number of carbonyl (C=O) groups is 2. The zero-order valence-electron chi connectivity index (χ0n) is 20.0. The molecule has 0 radical (unpaired) electrons. The number of rotatable bonds is 4. The first-order valence-corrected chi connectivity index (χ1v) is 11.5. The second kappa shape index (κ2) is 9.51. The van der Waals surface area contributed by atoms with E-state index in [0.717, 1.165) is 36.9 Å². The van der Waals surface area contributed by atoms with E-state index in [1.54, 1.807) is 24.3 Å². The molecule has 1 aliphatic heterocycles. The Morgan fingerprint density at radius 3 is 2.13 bits per heavy atom. The number of amides is 2. The van der Waals surface area contributed by atoms with Gasteiger partial charge in [-0.2, -0.15) is 26.3 Å². The summed E-state index contributed by atoms with van der Waals surface area (Å²) in [5.41, 5.74) is -8.25. The summed E-state index contributed by atoms with van der Waals surface area (Å²) in [6, 6.07) is 9.46. The molecule has 206 valence electrons. The van der Waals surface area contributed by atoms with Crippen LogP contribution in [0.1, 0.15) is 43.0 Å². The van der Waals surface area contributed by atoms with Crippen molar-refractivity contribution in [1.82, 2.24) is 0 Å². The average molecular weight is 577 g/mol. The van der Waals surface area contributed by atoms with Crippen LogP contribution in [0.4, 0.5) is 46.5 Å². The highest BCUT2D eigenvalue weighted by atomic mass is 35.5. The van der Waals surface area contributed by atoms with Crippen molar-refractivity contribution < 1.29 is 44.7 Å². The molecule has 1 N–H and O–H groups in total. The van der Waals surface area contributed by atoms with Crippen LogP contribution in [-0.4, -0.2) is 24.2 Å². The maximum Gasteiger partial charge on any atom is 0.435 e. The lowest BCUT2D eigenvalue weighted by molar-refractivity contribution is -0.348. The lowest BCUT2D eigenvalue weighted by atomic mass is 9.88. The van der Waals surface area contributed by atoms with E-state index in [1.165, 1.54) is 0 Å². The van der Waals surface area contributed by atoms with Crippen LogP contribution in [0.15, 0.2) is 48.5 Å². The SMILES string of the molecule is Cc1cc(C(F)(C(F)(F)F)C(F)(F)F)c(C)cc1NC(=O)c1cc(N2Cc3ccccc3C2=O)c(F)cc1Cl. The molecule has 1 aliphatic rings. The molecule has 13 heteroatoms. The zero-order valence-corrected chi connectivity index (χ0v) is 20.7. The minimum atomic E-state index is -6.31. The van der Waals surface area contributed by atoms with Gasteiger partial charge in [-0.3, -0.25) is 9.59 Å². The summed E-state index contributed by atoms with van der Waals surface area (Å²) in [6.45, 7) is 1.91. The third kappa shape index (κ3) is 4.70. The maximum atomic E-state index is 14.8. The first-order valence-electron chi connectivity index (χ1n) is 11.1. The monoisotopic (exact) mass is 576 g/mol. The lowest BCUT2D eigenvalue weighted by Gasteiger charge is -2.32. The lowest BCUT2D eigenvalue weighted by Crippen LogP contribution is -2.50. The number of hydrogen-bond donors (Lipinski definition) is 1. The van der Waals surface area contributed by atoms with Gasteiger partial charge in [0.05, 0.1) is 22.8 Å². The highest BCUT2D eigenvalue weighted by molar-refractivity contribution is 6.34. The van der Waals surface area contributed by atoms with Crippen molar-refractivity contribution >= 4 is 34.8 Å².